The Morgan fingerprint density at radius 1 is 1.38 bits per heavy atom. The SMILES string of the molecule is NCC1CCc2nnc(CCCCO)n2C1. The summed E-state index contributed by atoms with van der Waals surface area (Å²) in [6, 6.07) is 0. The van der Waals surface area contributed by atoms with E-state index in [2.05, 4.69) is 14.8 Å². The van der Waals surface area contributed by atoms with E-state index in [1.54, 1.807) is 0 Å². The van der Waals surface area contributed by atoms with Gasteiger partial charge in [-0.3, -0.25) is 0 Å². The molecule has 1 aliphatic heterocycles. The first kappa shape index (κ1) is 11.5. The smallest absolute Gasteiger partial charge is 0.133 e. The van der Waals surface area contributed by atoms with E-state index in [0.717, 1.165) is 56.8 Å². The maximum Gasteiger partial charge on any atom is 0.133 e. The fourth-order valence-electron chi connectivity index (χ4n) is 2.22. The van der Waals surface area contributed by atoms with Crippen molar-refractivity contribution in [2.75, 3.05) is 13.2 Å². The van der Waals surface area contributed by atoms with Gasteiger partial charge in [0, 0.05) is 26.0 Å². The van der Waals surface area contributed by atoms with Crippen LogP contribution in [0.2, 0.25) is 0 Å². The van der Waals surface area contributed by atoms with E-state index in [0.29, 0.717) is 5.92 Å². The number of aromatic nitrogens is 3. The number of nitrogens with two attached hydrogens (primary N) is 1. The highest BCUT2D eigenvalue weighted by Gasteiger charge is 2.21. The number of aliphatic hydroxyl groups excluding tert-OH is 1. The highest BCUT2D eigenvalue weighted by molar-refractivity contribution is 5.00. The number of aliphatic hydroxyl groups is 1. The first-order valence-corrected chi connectivity index (χ1v) is 6.07. The van der Waals surface area contributed by atoms with Gasteiger partial charge < -0.3 is 15.4 Å². The highest BCUT2D eigenvalue weighted by atomic mass is 16.2. The molecule has 0 saturated carbocycles. The number of nitrogens with zero attached hydrogens (tertiary/aromatic N) is 3. The van der Waals surface area contributed by atoms with Gasteiger partial charge in [-0.05, 0) is 31.7 Å². The summed E-state index contributed by atoms with van der Waals surface area (Å²) in [7, 11) is 0. The van der Waals surface area contributed by atoms with Gasteiger partial charge in [-0.2, -0.15) is 0 Å². The van der Waals surface area contributed by atoms with Crippen molar-refractivity contribution in [3.8, 4) is 0 Å². The van der Waals surface area contributed by atoms with Crippen molar-refractivity contribution < 1.29 is 5.11 Å². The highest BCUT2D eigenvalue weighted by Crippen LogP contribution is 2.19. The Kier molecular flexibility index (Phi) is 3.90. The minimum Gasteiger partial charge on any atom is -0.396 e. The van der Waals surface area contributed by atoms with Crippen molar-refractivity contribution in [3.63, 3.8) is 0 Å². The van der Waals surface area contributed by atoms with Crippen LogP contribution in [0.15, 0.2) is 0 Å². The van der Waals surface area contributed by atoms with Gasteiger partial charge in [0.1, 0.15) is 11.6 Å². The van der Waals surface area contributed by atoms with Crippen LogP contribution in [0.3, 0.4) is 0 Å². The second kappa shape index (κ2) is 5.41. The molecule has 2 heterocycles. The summed E-state index contributed by atoms with van der Waals surface area (Å²) in [4.78, 5) is 0. The van der Waals surface area contributed by atoms with Crippen LogP contribution in [0.4, 0.5) is 0 Å². The van der Waals surface area contributed by atoms with Gasteiger partial charge in [0.05, 0.1) is 0 Å². The van der Waals surface area contributed by atoms with E-state index in [1.807, 2.05) is 0 Å². The predicted molar refractivity (Wildman–Crippen MR) is 60.9 cm³/mol. The van der Waals surface area contributed by atoms with Crippen LogP contribution in [-0.4, -0.2) is 33.0 Å². The molecule has 1 atom stereocenters. The predicted octanol–water partition coefficient (Wildman–Crippen LogP) is 0.114. The quantitative estimate of drug-likeness (QED) is 0.696. The van der Waals surface area contributed by atoms with E-state index in [4.69, 9.17) is 10.8 Å². The molecule has 1 aromatic heterocycles. The molecule has 5 heteroatoms. The van der Waals surface area contributed by atoms with Crippen LogP contribution in [0.1, 0.15) is 30.9 Å². The minimum atomic E-state index is 0.256. The molecule has 1 aromatic rings. The lowest BCUT2D eigenvalue weighted by Gasteiger charge is -2.22. The number of rotatable bonds is 5. The molecule has 0 saturated heterocycles. The number of hydrogen-bond acceptors (Lipinski definition) is 4. The fourth-order valence-corrected chi connectivity index (χ4v) is 2.22. The molecule has 2 rings (SSSR count). The number of fused-ring (bicyclic) bond motifs is 1. The van der Waals surface area contributed by atoms with Crippen LogP contribution in [0, 0.1) is 5.92 Å². The van der Waals surface area contributed by atoms with Gasteiger partial charge in [-0.15, -0.1) is 10.2 Å². The second-order valence-corrected chi connectivity index (χ2v) is 4.46. The maximum absolute atomic E-state index is 8.75. The van der Waals surface area contributed by atoms with E-state index in [9.17, 15) is 0 Å². The summed E-state index contributed by atoms with van der Waals surface area (Å²) in [5, 5.41) is 17.2. The molecule has 5 nitrogen and oxygen atoms in total. The lowest BCUT2D eigenvalue weighted by molar-refractivity contribution is 0.283. The minimum absolute atomic E-state index is 0.256. The van der Waals surface area contributed by atoms with E-state index in [-0.39, 0.29) is 6.61 Å². The largest absolute Gasteiger partial charge is 0.396 e. The number of unbranched alkanes of at least 4 members (excludes halogenated alkanes) is 1. The first-order chi connectivity index (χ1) is 7.85. The third kappa shape index (κ3) is 2.41. The van der Waals surface area contributed by atoms with Crippen LogP contribution in [0.25, 0.3) is 0 Å². The molecule has 90 valence electrons. The van der Waals surface area contributed by atoms with E-state index in [1.165, 1.54) is 0 Å². The normalized spacial score (nSPS) is 19.8. The van der Waals surface area contributed by atoms with Crippen molar-refractivity contribution in [2.24, 2.45) is 11.7 Å². The monoisotopic (exact) mass is 224 g/mol. The van der Waals surface area contributed by atoms with Crippen molar-refractivity contribution >= 4 is 0 Å². The van der Waals surface area contributed by atoms with Gasteiger partial charge in [-0.25, -0.2) is 0 Å². The molecule has 16 heavy (non-hydrogen) atoms. The summed E-state index contributed by atoms with van der Waals surface area (Å²) >= 11 is 0. The van der Waals surface area contributed by atoms with Gasteiger partial charge >= 0.3 is 0 Å². The summed E-state index contributed by atoms with van der Waals surface area (Å²) in [5.74, 6) is 2.73. The Labute approximate surface area is 95.7 Å². The Morgan fingerprint density at radius 2 is 2.25 bits per heavy atom. The zero-order valence-electron chi connectivity index (χ0n) is 9.60. The Balaban J connectivity index is 2.01. The summed E-state index contributed by atoms with van der Waals surface area (Å²) < 4.78 is 2.22. The molecular weight excluding hydrogens is 204 g/mol. The third-order valence-corrected chi connectivity index (χ3v) is 3.26. The van der Waals surface area contributed by atoms with Crippen molar-refractivity contribution in [1.82, 2.24) is 14.8 Å². The van der Waals surface area contributed by atoms with E-state index < -0.39 is 0 Å². The van der Waals surface area contributed by atoms with Crippen molar-refractivity contribution in [3.05, 3.63) is 11.6 Å². The zero-order valence-corrected chi connectivity index (χ0v) is 9.60. The van der Waals surface area contributed by atoms with Gasteiger partial charge in [0.2, 0.25) is 0 Å². The van der Waals surface area contributed by atoms with Gasteiger partial charge in [0.15, 0.2) is 0 Å². The van der Waals surface area contributed by atoms with Crippen molar-refractivity contribution in [2.45, 2.75) is 38.6 Å². The average Bonchev–Trinajstić information content (AvgIpc) is 2.72. The van der Waals surface area contributed by atoms with Crippen LogP contribution >= 0.6 is 0 Å². The molecule has 1 unspecified atom stereocenters. The third-order valence-electron chi connectivity index (χ3n) is 3.26. The Bertz CT molecular complexity index is 337. The van der Waals surface area contributed by atoms with Gasteiger partial charge in [-0.1, -0.05) is 0 Å². The molecule has 3 N–H and O–H groups in total. The zero-order chi connectivity index (χ0) is 11.4. The molecule has 0 aromatic carbocycles. The molecule has 0 aliphatic carbocycles. The Hall–Kier alpha value is -0.940. The first-order valence-electron chi connectivity index (χ1n) is 6.07. The summed E-state index contributed by atoms with van der Waals surface area (Å²) in [5.41, 5.74) is 5.71. The summed E-state index contributed by atoms with van der Waals surface area (Å²) in [6.45, 7) is 1.97. The molecule has 0 amide bonds. The number of hydrogen-bond donors (Lipinski definition) is 2. The van der Waals surface area contributed by atoms with Crippen molar-refractivity contribution in [1.29, 1.82) is 0 Å². The van der Waals surface area contributed by atoms with E-state index >= 15 is 0 Å². The lowest BCUT2D eigenvalue weighted by atomic mass is 9.99. The maximum atomic E-state index is 8.75. The second-order valence-electron chi connectivity index (χ2n) is 4.46. The molecule has 0 radical (unpaired) electrons. The Morgan fingerprint density at radius 3 is 3.00 bits per heavy atom. The molecular formula is C11H20N4O. The number of aryl methyl sites for hydroxylation is 2. The molecule has 1 aliphatic rings. The summed E-state index contributed by atoms with van der Waals surface area (Å²) in [6.07, 6.45) is 4.84. The standard InChI is InChI=1S/C11H20N4O/c12-7-9-4-5-11-14-13-10(15(11)8-9)3-1-2-6-16/h9,16H,1-8,12H2. The molecule has 0 fully saturated rings. The van der Waals surface area contributed by atoms with Crippen LogP contribution in [0.5, 0.6) is 0 Å². The van der Waals surface area contributed by atoms with Crippen LogP contribution in [-0.2, 0) is 19.4 Å². The fraction of sp³-hybridized carbons (Fsp3) is 0.818. The van der Waals surface area contributed by atoms with Crippen LogP contribution < -0.4 is 5.73 Å². The average molecular weight is 224 g/mol. The molecule has 0 spiro atoms. The lowest BCUT2D eigenvalue weighted by Crippen LogP contribution is -2.27. The molecule has 0 bridgehead atoms. The topological polar surface area (TPSA) is 77.0 Å². The van der Waals surface area contributed by atoms with Gasteiger partial charge in [0.25, 0.3) is 0 Å².